The van der Waals surface area contributed by atoms with Gasteiger partial charge in [0.2, 0.25) is 5.91 Å². The molecule has 1 aliphatic carbocycles. The van der Waals surface area contributed by atoms with Gasteiger partial charge in [-0.25, -0.2) is 4.98 Å². The molecule has 134 valence electrons. The molecule has 1 heterocycles. The van der Waals surface area contributed by atoms with E-state index in [9.17, 15) is 4.79 Å². The lowest BCUT2D eigenvalue weighted by Crippen LogP contribution is -2.38. The van der Waals surface area contributed by atoms with Crippen molar-refractivity contribution in [1.82, 2.24) is 14.9 Å². The quantitative estimate of drug-likeness (QED) is 0.728. The van der Waals surface area contributed by atoms with Crippen LogP contribution >= 0.6 is 23.2 Å². The van der Waals surface area contributed by atoms with Crippen LogP contribution in [0, 0.1) is 0 Å². The van der Waals surface area contributed by atoms with E-state index in [4.69, 9.17) is 27.9 Å². The topological polar surface area (TPSA) is 56.1 Å². The van der Waals surface area contributed by atoms with Gasteiger partial charge in [-0.1, -0.05) is 29.3 Å². The van der Waals surface area contributed by atoms with Gasteiger partial charge in [-0.3, -0.25) is 4.79 Å². The largest absolute Gasteiger partial charge is 0.492 e. The van der Waals surface area contributed by atoms with Crippen LogP contribution in [0.2, 0.25) is 10.0 Å². The van der Waals surface area contributed by atoms with Gasteiger partial charge in [-0.15, -0.1) is 0 Å². The lowest BCUT2D eigenvalue weighted by atomic mass is 10.1. The van der Waals surface area contributed by atoms with E-state index in [1.165, 1.54) is 0 Å². The van der Waals surface area contributed by atoms with Crippen molar-refractivity contribution < 1.29 is 9.53 Å². The summed E-state index contributed by atoms with van der Waals surface area (Å²) in [7, 11) is 0. The second kappa shape index (κ2) is 8.59. The van der Waals surface area contributed by atoms with Gasteiger partial charge in [0.1, 0.15) is 10.8 Å². The Kier molecular flexibility index (Phi) is 6.21. The van der Waals surface area contributed by atoms with Crippen molar-refractivity contribution in [2.45, 2.75) is 44.2 Å². The van der Waals surface area contributed by atoms with E-state index in [1.54, 1.807) is 24.4 Å². The summed E-state index contributed by atoms with van der Waals surface area (Å²) >= 11 is 12.0. The molecule has 0 bridgehead atoms. The van der Waals surface area contributed by atoms with Gasteiger partial charge < -0.3 is 14.6 Å². The fraction of sp³-hybridized carbons (Fsp3) is 0.444. The summed E-state index contributed by atoms with van der Waals surface area (Å²) in [5.74, 6) is 0.600. The minimum Gasteiger partial charge on any atom is -0.492 e. The highest BCUT2D eigenvalue weighted by molar-refractivity contribution is 6.42. The van der Waals surface area contributed by atoms with Gasteiger partial charge in [0.25, 0.3) is 0 Å². The molecule has 0 saturated heterocycles. The molecule has 0 aliphatic heterocycles. The molecule has 1 amide bonds. The SMILES string of the molecule is O=C(CCCOc1cccc(Cl)c1Cl)NC1CCCC1n1ccnc1. The summed E-state index contributed by atoms with van der Waals surface area (Å²) in [4.78, 5) is 16.3. The van der Waals surface area contributed by atoms with E-state index in [-0.39, 0.29) is 11.9 Å². The van der Waals surface area contributed by atoms with E-state index in [0.29, 0.717) is 41.3 Å². The summed E-state index contributed by atoms with van der Waals surface area (Å²) in [5, 5.41) is 4.01. The zero-order chi connectivity index (χ0) is 17.6. The van der Waals surface area contributed by atoms with Crippen LogP contribution in [0.5, 0.6) is 5.75 Å². The van der Waals surface area contributed by atoms with Crippen LogP contribution < -0.4 is 10.1 Å². The number of amides is 1. The predicted octanol–water partition coefficient (Wildman–Crippen LogP) is 4.26. The fourth-order valence-electron chi connectivity index (χ4n) is 3.22. The number of hydrogen-bond donors (Lipinski definition) is 1. The maximum absolute atomic E-state index is 12.2. The van der Waals surface area contributed by atoms with Crippen molar-refractivity contribution in [3.8, 4) is 5.75 Å². The van der Waals surface area contributed by atoms with E-state index in [2.05, 4.69) is 14.9 Å². The minimum atomic E-state index is 0.0535. The number of carbonyl (C=O) groups is 1. The molecule has 0 spiro atoms. The highest BCUT2D eigenvalue weighted by Crippen LogP contribution is 2.32. The van der Waals surface area contributed by atoms with Crippen LogP contribution in [-0.2, 0) is 4.79 Å². The van der Waals surface area contributed by atoms with Crippen LogP contribution in [0.3, 0.4) is 0 Å². The summed E-state index contributed by atoms with van der Waals surface area (Å²) in [6.07, 6.45) is 9.78. The molecule has 1 saturated carbocycles. The van der Waals surface area contributed by atoms with Gasteiger partial charge in [-0.05, 0) is 37.8 Å². The van der Waals surface area contributed by atoms with Crippen molar-refractivity contribution in [3.05, 3.63) is 47.0 Å². The first kappa shape index (κ1) is 18.1. The van der Waals surface area contributed by atoms with Gasteiger partial charge >= 0.3 is 0 Å². The number of hydrogen-bond acceptors (Lipinski definition) is 3. The molecule has 1 aromatic heterocycles. The first-order chi connectivity index (χ1) is 12.1. The second-order valence-electron chi connectivity index (χ2n) is 6.19. The Balaban J connectivity index is 1.41. The Morgan fingerprint density at radius 2 is 2.24 bits per heavy atom. The normalized spacial score (nSPS) is 19.8. The number of imidazole rings is 1. The van der Waals surface area contributed by atoms with Gasteiger partial charge in [0.15, 0.2) is 0 Å². The Bertz CT molecular complexity index is 706. The smallest absolute Gasteiger partial charge is 0.220 e. The maximum atomic E-state index is 12.2. The molecule has 2 unspecified atom stereocenters. The Morgan fingerprint density at radius 1 is 1.36 bits per heavy atom. The van der Waals surface area contributed by atoms with Crippen molar-refractivity contribution in [1.29, 1.82) is 0 Å². The summed E-state index contributed by atoms with van der Waals surface area (Å²) in [6.45, 7) is 0.420. The Hall–Kier alpha value is -1.72. The van der Waals surface area contributed by atoms with Crippen LogP contribution in [0.25, 0.3) is 0 Å². The van der Waals surface area contributed by atoms with Gasteiger partial charge in [0, 0.05) is 24.9 Å². The fourth-order valence-corrected chi connectivity index (χ4v) is 3.57. The third kappa shape index (κ3) is 4.67. The van der Waals surface area contributed by atoms with Gasteiger partial charge in [0.05, 0.1) is 24.0 Å². The molecule has 3 rings (SSSR count). The van der Waals surface area contributed by atoms with Crippen LogP contribution in [0.4, 0.5) is 0 Å². The van der Waals surface area contributed by atoms with E-state index < -0.39 is 0 Å². The Morgan fingerprint density at radius 3 is 3.04 bits per heavy atom. The number of benzene rings is 1. The molecule has 2 aromatic rings. The number of halogens is 2. The molecule has 7 heteroatoms. The average molecular weight is 382 g/mol. The predicted molar refractivity (Wildman–Crippen MR) is 98.2 cm³/mol. The van der Waals surface area contributed by atoms with Crippen molar-refractivity contribution in [3.63, 3.8) is 0 Å². The molecule has 1 N–H and O–H groups in total. The van der Waals surface area contributed by atoms with E-state index in [0.717, 1.165) is 19.3 Å². The third-order valence-corrected chi connectivity index (χ3v) is 5.26. The highest BCUT2D eigenvalue weighted by atomic mass is 35.5. The zero-order valence-electron chi connectivity index (χ0n) is 13.8. The molecular formula is C18H21Cl2N3O2. The zero-order valence-corrected chi connectivity index (χ0v) is 15.3. The standard InChI is InChI=1S/C18H21Cl2N3O2/c19-13-4-1-7-16(18(13)20)25-11-3-8-17(24)22-14-5-2-6-15(14)23-10-9-21-12-23/h1,4,7,9-10,12,14-15H,2-3,5-6,8,11H2,(H,22,24). The average Bonchev–Trinajstić information content (AvgIpc) is 3.26. The molecule has 2 atom stereocenters. The molecule has 1 aromatic carbocycles. The number of nitrogens with zero attached hydrogens (tertiary/aromatic N) is 2. The van der Waals surface area contributed by atoms with E-state index in [1.807, 2.05) is 12.5 Å². The lowest BCUT2D eigenvalue weighted by Gasteiger charge is -2.22. The summed E-state index contributed by atoms with van der Waals surface area (Å²) < 4.78 is 7.69. The molecule has 25 heavy (non-hydrogen) atoms. The number of ether oxygens (including phenoxy) is 1. The van der Waals surface area contributed by atoms with Gasteiger partial charge in [-0.2, -0.15) is 0 Å². The number of nitrogens with one attached hydrogen (secondary N) is 1. The first-order valence-electron chi connectivity index (χ1n) is 8.49. The van der Waals surface area contributed by atoms with Crippen molar-refractivity contribution >= 4 is 29.1 Å². The first-order valence-corrected chi connectivity index (χ1v) is 9.24. The van der Waals surface area contributed by atoms with Crippen LogP contribution in [-0.4, -0.2) is 28.1 Å². The molecule has 1 fully saturated rings. The summed E-state index contributed by atoms with van der Waals surface area (Å²) in [5.41, 5.74) is 0. The lowest BCUT2D eigenvalue weighted by molar-refractivity contribution is -0.122. The number of rotatable bonds is 7. The van der Waals surface area contributed by atoms with Crippen LogP contribution in [0.1, 0.15) is 38.1 Å². The molecular weight excluding hydrogens is 361 g/mol. The molecule has 0 radical (unpaired) electrons. The van der Waals surface area contributed by atoms with Crippen molar-refractivity contribution in [2.24, 2.45) is 0 Å². The van der Waals surface area contributed by atoms with Crippen LogP contribution in [0.15, 0.2) is 36.9 Å². The third-order valence-electron chi connectivity index (χ3n) is 4.46. The number of aromatic nitrogens is 2. The highest BCUT2D eigenvalue weighted by Gasteiger charge is 2.29. The monoisotopic (exact) mass is 381 g/mol. The maximum Gasteiger partial charge on any atom is 0.220 e. The second-order valence-corrected chi connectivity index (χ2v) is 6.97. The molecule has 1 aliphatic rings. The Labute approximate surface area is 157 Å². The van der Waals surface area contributed by atoms with Crippen molar-refractivity contribution in [2.75, 3.05) is 6.61 Å². The number of carbonyl (C=O) groups excluding carboxylic acids is 1. The summed E-state index contributed by atoms with van der Waals surface area (Å²) in [6, 6.07) is 5.73. The minimum absolute atomic E-state index is 0.0535. The molecule has 5 nitrogen and oxygen atoms in total. The van der Waals surface area contributed by atoms with E-state index >= 15 is 0 Å².